The molecule has 1 amide bonds. The summed E-state index contributed by atoms with van der Waals surface area (Å²) in [6, 6.07) is 0. The van der Waals surface area contributed by atoms with Gasteiger partial charge in [-0.05, 0) is 6.42 Å². The van der Waals surface area contributed by atoms with Crippen LogP contribution in [0.2, 0.25) is 0 Å². The summed E-state index contributed by atoms with van der Waals surface area (Å²) < 4.78 is 0. The molecule has 0 aromatic heterocycles. The summed E-state index contributed by atoms with van der Waals surface area (Å²) in [5, 5.41) is 3.05. The molecular formula is C12H22N2O. The van der Waals surface area contributed by atoms with E-state index in [4.69, 9.17) is 5.73 Å². The number of nitrogens with two attached hydrogens (primary N) is 1. The predicted octanol–water partition coefficient (Wildman–Crippen LogP) is 1.78. The molecule has 0 unspecified atom stereocenters. The quantitative estimate of drug-likeness (QED) is 0.382. The predicted molar refractivity (Wildman–Crippen MR) is 66.5 cm³/mol. The Balaban J connectivity index is 0. The molecule has 0 heterocycles. The molecule has 0 aliphatic carbocycles. The van der Waals surface area contributed by atoms with E-state index in [0.29, 0.717) is 5.57 Å². The second-order valence-electron chi connectivity index (χ2n) is 2.95. The summed E-state index contributed by atoms with van der Waals surface area (Å²) in [5.41, 5.74) is 5.40. The molecular weight excluding hydrogens is 188 g/mol. The highest BCUT2D eigenvalue weighted by Crippen LogP contribution is 1.98. The van der Waals surface area contributed by atoms with Crippen LogP contribution in [-0.4, -0.2) is 19.0 Å². The Hall–Kier alpha value is -1.35. The van der Waals surface area contributed by atoms with Gasteiger partial charge in [0.2, 0.25) is 5.91 Å². The standard InChI is InChI=1S/C6H11NO.C6H11N/c1-3-4-5(2)6(7)8;1-3-5-7-6-4-2/h2-4H2,1H3,(H2,7,8);3-4,7H,1-2,5-6H2. The first-order valence-electron chi connectivity index (χ1n) is 5.00. The van der Waals surface area contributed by atoms with Gasteiger partial charge in [0, 0.05) is 18.7 Å². The van der Waals surface area contributed by atoms with Gasteiger partial charge in [0.15, 0.2) is 0 Å². The summed E-state index contributed by atoms with van der Waals surface area (Å²) in [6.45, 7) is 14.3. The number of nitrogens with one attached hydrogen (secondary N) is 1. The number of carbonyl (C=O) groups excluding carboxylic acids is 1. The number of hydrogen-bond donors (Lipinski definition) is 2. The van der Waals surface area contributed by atoms with Crippen LogP contribution < -0.4 is 11.1 Å². The fourth-order valence-corrected chi connectivity index (χ4v) is 0.712. The zero-order chi connectivity index (χ0) is 12.1. The lowest BCUT2D eigenvalue weighted by molar-refractivity contribution is -0.114. The summed E-state index contributed by atoms with van der Waals surface area (Å²) in [5.74, 6) is -0.383. The summed E-state index contributed by atoms with van der Waals surface area (Å²) >= 11 is 0. The fraction of sp³-hybridized carbons (Fsp3) is 0.417. The molecule has 0 aromatic carbocycles. The molecule has 3 N–H and O–H groups in total. The average molecular weight is 210 g/mol. The van der Waals surface area contributed by atoms with Crippen molar-refractivity contribution in [2.75, 3.05) is 13.1 Å². The van der Waals surface area contributed by atoms with Crippen LogP contribution in [0.15, 0.2) is 37.5 Å². The molecule has 0 fully saturated rings. The SMILES string of the molecule is C=C(CCC)C(N)=O.C=CCNCC=C. The molecule has 3 nitrogen and oxygen atoms in total. The van der Waals surface area contributed by atoms with Crippen molar-refractivity contribution in [1.29, 1.82) is 0 Å². The second kappa shape index (κ2) is 12.7. The first-order chi connectivity index (χ1) is 7.09. The van der Waals surface area contributed by atoms with Gasteiger partial charge in [0.25, 0.3) is 0 Å². The van der Waals surface area contributed by atoms with Gasteiger partial charge in [-0.3, -0.25) is 4.79 Å². The minimum absolute atomic E-state index is 0.383. The maximum atomic E-state index is 10.2. The smallest absolute Gasteiger partial charge is 0.244 e. The van der Waals surface area contributed by atoms with Gasteiger partial charge in [0.1, 0.15) is 0 Å². The molecule has 0 rings (SSSR count). The van der Waals surface area contributed by atoms with Crippen LogP contribution >= 0.6 is 0 Å². The Bertz CT molecular complexity index is 202. The molecule has 0 saturated heterocycles. The zero-order valence-electron chi connectivity index (χ0n) is 9.59. The second-order valence-corrected chi connectivity index (χ2v) is 2.95. The Labute approximate surface area is 92.7 Å². The van der Waals surface area contributed by atoms with Crippen LogP contribution in [0.5, 0.6) is 0 Å². The Kier molecular flexibility index (Phi) is 13.6. The van der Waals surface area contributed by atoms with Gasteiger partial charge >= 0.3 is 0 Å². The highest BCUT2D eigenvalue weighted by Gasteiger charge is 1.96. The normalized spacial score (nSPS) is 8.33. The molecule has 3 heteroatoms. The van der Waals surface area contributed by atoms with Crippen molar-refractivity contribution in [1.82, 2.24) is 5.32 Å². The van der Waals surface area contributed by atoms with E-state index in [-0.39, 0.29) is 5.91 Å². The van der Waals surface area contributed by atoms with E-state index >= 15 is 0 Å². The third-order valence-electron chi connectivity index (χ3n) is 1.48. The topological polar surface area (TPSA) is 55.1 Å². The molecule has 0 radical (unpaired) electrons. The van der Waals surface area contributed by atoms with E-state index in [0.717, 1.165) is 25.9 Å². The largest absolute Gasteiger partial charge is 0.366 e. The summed E-state index contributed by atoms with van der Waals surface area (Å²) in [4.78, 5) is 10.2. The number of hydrogen-bond acceptors (Lipinski definition) is 2. The molecule has 0 aliphatic heterocycles. The van der Waals surface area contributed by atoms with Crippen molar-refractivity contribution in [3.8, 4) is 0 Å². The summed E-state index contributed by atoms with van der Waals surface area (Å²) in [7, 11) is 0. The molecule has 0 spiro atoms. The monoisotopic (exact) mass is 210 g/mol. The van der Waals surface area contributed by atoms with Crippen LogP contribution in [-0.2, 0) is 4.79 Å². The van der Waals surface area contributed by atoms with Gasteiger partial charge in [0.05, 0.1) is 0 Å². The van der Waals surface area contributed by atoms with Crippen molar-refractivity contribution in [2.24, 2.45) is 5.73 Å². The van der Waals surface area contributed by atoms with Gasteiger partial charge in [-0.15, -0.1) is 13.2 Å². The lowest BCUT2D eigenvalue weighted by Gasteiger charge is -1.93. The van der Waals surface area contributed by atoms with Gasteiger partial charge in [-0.2, -0.15) is 0 Å². The molecule has 0 atom stereocenters. The van der Waals surface area contributed by atoms with E-state index in [1.165, 1.54) is 0 Å². The van der Waals surface area contributed by atoms with E-state index in [2.05, 4.69) is 25.1 Å². The average Bonchev–Trinajstić information content (AvgIpc) is 2.20. The van der Waals surface area contributed by atoms with Crippen LogP contribution in [0.1, 0.15) is 19.8 Å². The molecule has 0 aromatic rings. The van der Waals surface area contributed by atoms with Crippen LogP contribution in [0.25, 0.3) is 0 Å². The Morgan fingerprint density at radius 3 is 2.00 bits per heavy atom. The number of amides is 1. The molecule has 0 aliphatic rings. The molecule has 0 saturated carbocycles. The van der Waals surface area contributed by atoms with Gasteiger partial charge in [-0.1, -0.05) is 32.1 Å². The number of carbonyl (C=O) groups is 1. The van der Waals surface area contributed by atoms with Gasteiger partial charge < -0.3 is 11.1 Å². The Morgan fingerprint density at radius 2 is 1.80 bits per heavy atom. The summed E-state index contributed by atoms with van der Waals surface area (Å²) in [6.07, 6.45) is 5.30. The van der Waals surface area contributed by atoms with Crippen LogP contribution in [0.4, 0.5) is 0 Å². The fourth-order valence-electron chi connectivity index (χ4n) is 0.712. The number of primary amides is 1. The third-order valence-corrected chi connectivity index (χ3v) is 1.48. The number of rotatable bonds is 7. The van der Waals surface area contributed by atoms with Crippen molar-refractivity contribution >= 4 is 5.91 Å². The van der Waals surface area contributed by atoms with Crippen molar-refractivity contribution in [3.63, 3.8) is 0 Å². The van der Waals surface area contributed by atoms with Crippen molar-refractivity contribution < 1.29 is 4.79 Å². The van der Waals surface area contributed by atoms with E-state index in [9.17, 15) is 4.79 Å². The maximum absolute atomic E-state index is 10.2. The van der Waals surface area contributed by atoms with Gasteiger partial charge in [-0.25, -0.2) is 0 Å². The minimum atomic E-state index is -0.383. The first kappa shape index (κ1) is 16.1. The van der Waals surface area contributed by atoms with Crippen molar-refractivity contribution in [3.05, 3.63) is 37.5 Å². The van der Waals surface area contributed by atoms with Crippen molar-refractivity contribution in [2.45, 2.75) is 19.8 Å². The third kappa shape index (κ3) is 15.4. The maximum Gasteiger partial charge on any atom is 0.244 e. The molecule has 15 heavy (non-hydrogen) atoms. The van der Waals surface area contributed by atoms with E-state index in [1.807, 2.05) is 19.1 Å². The Morgan fingerprint density at radius 1 is 1.33 bits per heavy atom. The minimum Gasteiger partial charge on any atom is -0.366 e. The highest BCUT2D eigenvalue weighted by atomic mass is 16.1. The lowest BCUT2D eigenvalue weighted by atomic mass is 10.2. The van der Waals surface area contributed by atoms with Crippen LogP contribution in [0, 0.1) is 0 Å². The van der Waals surface area contributed by atoms with Crippen LogP contribution in [0.3, 0.4) is 0 Å². The van der Waals surface area contributed by atoms with E-state index in [1.54, 1.807) is 0 Å². The first-order valence-corrected chi connectivity index (χ1v) is 5.00. The van der Waals surface area contributed by atoms with E-state index < -0.39 is 0 Å². The molecule has 0 bridgehead atoms. The lowest BCUT2D eigenvalue weighted by Crippen LogP contribution is -2.12. The molecule has 86 valence electrons. The highest BCUT2D eigenvalue weighted by molar-refractivity contribution is 5.91. The zero-order valence-corrected chi connectivity index (χ0v) is 9.59.